The number of hydrogen-bond donors (Lipinski definition) is 2. The summed E-state index contributed by atoms with van der Waals surface area (Å²) >= 11 is 6.20. The SMILES string of the molecule is Clc1nc2ccccc2cc1/C=N/Nc1nc2ccccc2[nH]1. The van der Waals surface area contributed by atoms with Gasteiger partial charge in [0.1, 0.15) is 5.15 Å². The van der Waals surface area contributed by atoms with E-state index < -0.39 is 0 Å². The molecule has 0 saturated heterocycles. The second-order valence-corrected chi connectivity index (χ2v) is 5.39. The van der Waals surface area contributed by atoms with Gasteiger partial charge in [-0.2, -0.15) is 5.10 Å². The maximum atomic E-state index is 6.20. The van der Waals surface area contributed by atoms with E-state index in [1.54, 1.807) is 6.21 Å². The highest BCUT2D eigenvalue weighted by Gasteiger charge is 2.03. The number of hydrazone groups is 1. The van der Waals surface area contributed by atoms with E-state index in [9.17, 15) is 0 Å². The van der Waals surface area contributed by atoms with Gasteiger partial charge < -0.3 is 4.98 Å². The van der Waals surface area contributed by atoms with Gasteiger partial charge in [0.05, 0.1) is 22.8 Å². The van der Waals surface area contributed by atoms with Crippen LogP contribution in [0.15, 0.2) is 59.7 Å². The van der Waals surface area contributed by atoms with E-state index in [1.165, 1.54) is 0 Å². The number of para-hydroxylation sites is 3. The number of H-pyrrole nitrogens is 1. The Balaban J connectivity index is 1.59. The quantitative estimate of drug-likeness (QED) is 0.337. The Morgan fingerprint density at radius 2 is 1.78 bits per heavy atom. The van der Waals surface area contributed by atoms with Crippen LogP contribution in [0, 0.1) is 0 Å². The molecule has 112 valence electrons. The zero-order chi connectivity index (χ0) is 15.6. The molecule has 0 aliphatic rings. The van der Waals surface area contributed by atoms with E-state index in [0.29, 0.717) is 11.1 Å². The summed E-state index contributed by atoms with van der Waals surface area (Å²) in [5.74, 6) is 0.576. The molecule has 0 atom stereocenters. The molecule has 4 aromatic rings. The normalized spacial score (nSPS) is 11.5. The minimum atomic E-state index is 0.416. The second kappa shape index (κ2) is 5.70. The van der Waals surface area contributed by atoms with Gasteiger partial charge in [0.15, 0.2) is 0 Å². The molecule has 0 fully saturated rings. The Morgan fingerprint density at radius 1 is 1.00 bits per heavy atom. The molecule has 0 bridgehead atoms. The predicted octanol–water partition coefficient (Wildman–Crippen LogP) is 4.21. The maximum Gasteiger partial charge on any atom is 0.222 e. The topological polar surface area (TPSA) is 66.0 Å². The van der Waals surface area contributed by atoms with Crippen molar-refractivity contribution in [2.75, 3.05) is 5.43 Å². The first kappa shape index (κ1) is 13.7. The van der Waals surface area contributed by atoms with Crippen LogP contribution in [0.1, 0.15) is 5.56 Å². The number of nitrogens with zero attached hydrogens (tertiary/aromatic N) is 3. The molecule has 0 amide bonds. The number of rotatable bonds is 3. The molecule has 0 unspecified atom stereocenters. The number of benzene rings is 2. The molecule has 2 N–H and O–H groups in total. The van der Waals surface area contributed by atoms with Gasteiger partial charge in [-0.1, -0.05) is 41.9 Å². The number of hydrogen-bond acceptors (Lipinski definition) is 4. The van der Waals surface area contributed by atoms with Crippen LogP contribution in [0.25, 0.3) is 21.9 Å². The lowest BCUT2D eigenvalue weighted by Crippen LogP contribution is -1.94. The Labute approximate surface area is 137 Å². The standard InChI is InChI=1S/C17H12ClN5/c18-16-12(9-11-5-1-2-6-13(11)20-16)10-19-23-17-21-14-7-3-4-8-15(14)22-17/h1-10H,(H2,21,22,23)/b19-10+. The predicted molar refractivity (Wildman–Crippen MR) is 94.1 cm³/mol. The first-order valence-electron chi connectivity index (χ1n) is 7.09. The average molecular weight is 322 g/mol. The number of imidazole rings is 1. The average Bonchev–Trinajstić information content (AvgIpc) is 2.98. The highest BCUT2D eigenvalue weighted by Crippen LogP contribution is 2.19. The van der Waals surface area contributed by atoms with Crippen LogP contribution >= 0.6 is 11.6 Å². The number of anilines is 1. The molecular weight excluding hydrogens is 310 g/mol. The Hall–Kier alpha value is -2.92. The lowest BCUT2D eigenvalue weighted by Gasteiger charge is -2.01. The van der Waals surface area contributed by atoms with Crippen LogP contribution < -0.4 is 5.43 Å². The maximum absolute atomic E-state index is 6.20. The van der Waals surface area contributed by atoms with E-state index in [2.05, 4.69) is 25.5 Å². The van der Waals surface area contributed by atoms with Crippen molar-refractivity contribution in [3.63, 3.8) is 0 Å². The zero-order valence-electron chi connectivity index (χ0n) is 12.0. The number of nitrogens with one attached hydrogen (secondary N) is 2. The highest BCUT2D eigenvalue weighted by molar-refractivity contribution is 6.32. The fourth-order valence-corrected chi connectivity index (χ4v) is 2.56. The molecule has 0 saturated carbocycles. The summed E-state index contributed by atoms with van der Waals surface area (Å²) < 4.78 is 0. The first-order valence-corrected chi connectivity index (χ1v) is 7.46. The minimum Gasteiger partial charge on any atom is -0.323 e. The van der Waals surface area contributed by atoms with Crippen molar-refractivity contribution >= 4 is 45.7 Å². The van der Waals surface area contributed by atoms with Crippen molar-refractivity contribution in [1.82, 2.24) is 15.0 Å². The van der Waals surface area contributed by atoms with Crippen LogP contribution in [0.2, 0.25) is 5.15 Å². The molecule has 4 rings (SSSR count). The van der Waals surface area contributed by atoms with Gasteiger partial charge in [-0.05, 0) is 24.3 Å². The Bertz CT molecular complexity index is 989. The summed E-state index contributed by atoms with van der Waals surface area (Å²) in [4.78, 5) is 11.9. The van der Waals surface area contributed by atoms with Crippen molar-refractivity contribution in [2.24, 2.45) is 5.10 Å². The van der Waals surface area contributed by atoms with Gasteiger partial charge in [-0.15, -0.1) is 0 Å². The lowest BCUT2D eigenvalue weighted by atomic mass is 10.2. The molecule has 0 spiro atoms. The Kier molecular flexibility index (Phi) is 3.40. The van der Waals surface area contributed by atoms with Crippen molar-refractivity contribution in [2.45, 2.75) is 0 Å². The smallest absolute Gasteiger partial charge is 0.222 e. The van der Waals surface area contributed by atoms with Gasteiger partial charge in [0.2, 0.25) is 5.95 Å². The molecule has 0 aliphatic heterocycles. The van der Waals surface area contributed by atoms with Crippen LogP contribution in [0.4, 0.5) is 5.95 Å². The molecule has 23 heavy (non-hydrogen) atoms. The minimum absolute atomic E-state index is 0.416. The van der Waals surface area contributed by atoms with Gasteiger partial charge in [0, 0.05) is 10.9 Å². The molecule has 2 heterocycles. The van der Waals surface area contributed by atoms with Crippen molar-refractivity contribution in [3.05, 3.63) is 65.3 Å². The lowest BCUT2D eigenvalue weighted by molar-refractivity contribution is 1.21. The van der Waals surface area contributed by atoms with E-state index in [1.807, 2.05) is 54.6 Å². The van der Waals surface area contributed by atoms with Crippen LogP contribution in [0.5, 0.6) is 0 Å². The largest absolute Gasteiger partial charge is 0.323 e. The summed E-state index contributed by atoms with van der Waals surface area (Å²) in [6, 6.07) is 17.6. The molecule has 2 aromatic heterocycles. The van der Waals surface area contributed by atoms with Crippen molar-refractivity contribution in [3.8, 4) is 0 Å². The van der Waals surface area contributed by atoms with Gasteiger partial charge >= 0.3 is 0 Å². The number of aromatic nitrogens is 3. The van der Waals surface area contributed by atoms with Crippen molar-refractivity contribution in [1.29, 1.82) is 0 Å². The summed E-state index contributed by atoms with van der Waals surface area (Å²) in [7, 11) is 0. The van der Waals surface area contributed by atoms with Crippen LogP contribution in [0.3, 0.4) is 0 Å². The summed E-state index contributed by atoms with van der Waals surface area (Å²) in [6.07, 6.45) is 1.63. The van der Waals surface area contributed by atoms with Gasteiger partial charge in [-0.25, -0.2) is 15.4 Å². The van der Waals surface area contributed by atoms with E-state index >= 15 is 0 Å². The fraction of sp³-hybridized carbons (Fsp3) is 0. The van der Waals surface area contributed by atoms with Crippen LogP contribution in [-0.2, 0) is 0 Å². The molecule has 2 aromatic carbocycles. The summed E-state index contributed by atoms with van der Waals surface area (Å²) in [5.41, 5.74) is 6.32. The molecule has 0 aliphatic carbocycles. The fourth-order valence-electron chi connectivity index (χ4n) is 2.37. The zero-order valence-corrected chi connectivity index (χ0v) is 12.7. The third kappa shape index (κ3) is 2.74. The first-order chi connectivity index (χ1) is 11.3. The molecular formula is C17H12ClN5. The van der Waals surface area contributed by atoms with E-state index in [4.69, 9.17) is 11.6 Å². The summed E-state index contributed by atoms with van der Waals surface area (Å²) in [5, 5.41) is 5.61. The van der Waals surface area contributed by atoms with Crippen molar-refractivity contribution < 1.29 is 0 Å². The Morgan fingerprint density at radius 3 is 2.65 bits per heavy atom. The number of halogens is 1. The molecule has 5 nitrogen and oxygen atoms in total. The number of fused-ring (bicyclic) bond motifs is 2. The molecule has 0 radical (unpaired) electrons. The summed E-state index contributed by atoms with van der Waals surface area (Å²) in [6.45, 7) is 0. The third-order valence-electron chi connectivity index (χ3n) is 3.47. The second-order valence-electron chi connectivity index (χ2n) is 5.03. The number of pyridine rings is 1. The third-order valence-corrected chi connectivity index (χ3v) is 3.77. The highest BCUT2D eigenvalue weighted by atomic mass is 35.5. The van der Waals surface area contributed by atoms with Gasteiger partial charge in [0.25, 0.3) is 0 Å². The number of aromatic amines is 1. The van der Waals surface area contributed by atoms with Crippen LogP contribution in [-0.4, -0.2) is 21.2 Å². The van der Waals surface area contributed by atoms with Gasteiger partial charge in [-0.3, -0.25) is 0 Å². The molecule has 6 heteroatoms. The van der Waals surface area contributed by atoms with E-state index in [-0.39, 0.29) is 0 Å². The monoisotopic (exact) mass is 321 g/mol. The van der Waals surface area contributed by atoms with E-state index in [0.717, 1.165) is 27.5 Å².